The Hall–Kier alpha value is -0.190. The maximum absolute atomic E-state index is 11.8. The lowest BCUT2D eigenvalue weighted by atomic mass is 9.82. The first-order valence-corrected chi connectivity index (χ1v) is 5.76. The summed E-state index contributed by atoms with van der Waals surface area (Å²) >= 11 is 2.12. The number of rotatable bonds is 0. The average Bonchev–Trinajstić information content (AvgIpc) is 2.15. The smallest absolute Gasteiger partial charge is 0.179 e. The Labute approximate surface area is 91.6 Å². The normalized spacial score (nSPS) is 28.6. The van der Waals surface area contributed by atoms with Crippen molar-refractivity contribution in [3.8, 4) is 0 Å². The van der Waals surface area contributed by atoms with Gasteiger partial charge in [0, 0.05) is 5.71 Å². The second-order valence-corrected chi connectivity index (χ2v) is 4.74. The van der Waals surface area contributed by atoms with Crippen molar-refractivity contribution < 1.29 is 4.79 Å². The Kier molecular flexibility index (Phi) is 2.53. The molecular formula is C10H12INO. The molecule has 1 aliphatic carbocycles. The van der Waals surface area contributed by atoms with Gasteiger partial charge in [-0.15, -0.1) is 0 Å². The van der Waals surface area contributed by atoms with Gasteiger partial charge in [-0.3, -0.25) is 9.79 Å². The summed E-state index contributed by atoms with van der Waals surface area (Å²) in [5.74, 6) is 0.437. The molecule has 3 heteroatoms. The van der Waals surface area contributed by atoms with Crippen LogP contribution in [0.1, 0.15) is 32.6 Å². The van der Waals surface area contributed by atoms with Crippen molar-refractivity contribution in [1.82, 2.24) is 0 Å². The zero-order chi connectivity index (χ0) is 9.42. The SMILES string of the molecule is CC1=C(I)C(=O)C2CCCCC2=N1. The highest BCUT2D eigenvalue weighted by Crippen LogP contribution is 2.32. The van der Waals surface area contributed by atoms with Crippen molar-refractivity contribution in [3.63, 3.8) is 0 Å². The molecule has 0 aromatic carbocycles. The molecule has 1 unspecified atom stereocenters. The summed E-state index contributed by atoms with van der Waals surface area (Å²) in [7, 11) is 0. The van der Waals surface area contributed by atoms with Gasteiger partial charge in [-0.25, -0.2) is 0 Å². The summed E-state index contributed by atoms with van der Waals surface area (Å²) in [4.78, 5) is 16.3. The highest BCUT2D eigenvalue weighted by atomic mass is 127. The summed E-state index contributed by atoms with van der Waals surface area (Å²) in [6, 6.07) is 0. The first-order valence-electron chi connectivity index (χ1n) is 4.68. The van der Waals surface area contributed by atoms with Crippen molar-refractivity contribution in [2.75, 3.05) is 0 Å². The van der Waals surface area contributed by atoms with Gasteiger partial charge in [0.05, 0.1) is 15.2 Å². The largest absolute Gasteiger partial charge is 0.293 e. The number of carbonyl (C=O) groups is 1. The number of ketones is 1. The molecule has 70 valence electrons. The van der Waals surface area contributed by atoms with E-state index in [1.807, 2.05) is 6.92 Å². The Bertz CT molecular complexity index is 317. The minimum Gasteiger partial charge on any atom is -0.293 e. The lowest BCUT2D eigenvalue weighted by Gasteiger charge is -2.26. The third-order valence-corrected chi connectivity index (χ3v) is 4.05. The molecule has 0 saturated heterocycles. The summed E-state index contributed by atoms with van der Waals surface area (Å²) in [5, 5.41) is 0. The van der Waals surface area contributed by atoms with Gasteiger partial charge >= 0.3 is 0 Å². The molecule has 1 aliphatic heterocycles. The molecule has 1 saturated carbocycles. The molecule has 13 heavy (non-hydrogen) atoms. The number of nitrogens with zero attached hydrogens (tertiary/aromatic N) is 1. The molecular weight excluding hydrogens is 277 g/mol. The Morgan fingerprint density at radius 2 is 2.23 bits per heavy atom. The molecule has 0 bridgehead atoms. The van der Waals surface area contributed by atoms with Crippen molar-refractivity contribution in [1.29, 1.82) is 0 Å². The van der Waals surface area contributed by atoms with Crippen LogP contribution < -0.4 is 0 Å². The summed E-state index contributed by atoms with van der Waals surface area (Å²) in [6.45, 7) is 1.93. The van der Waals surface area contributed by atoms with E-state index in [0.29, 0.717) is 5.78 Å². The van der Waals surface area contributed by atoms with Crippen LogP contribution in [0, 0.1) is 5.92 Å². The lowest BCUT2D eigenvalue weighted by Crippen LogP contribution is -2.30. The van der Waals surface area contributed by atoms with Crippen LogP contribution in [0.2, 0.25) is 0 Å². The Balaban J connectivity index is 2.37. The fourth-order valence-electron chi connectivity index (χ4n) is 2.01. The zero-order valence-electron chi connectivity index (χ0n) is 7.64. The first-order chi connectivity index (χ1) is 6.20. The monoisotopic (exact) mass is 289 g/mol. The van der Waals surface area contributed by atoms with Gasteiger partial charge in [-0.1, -0.05) is 6.42 Å². The van der Waals surface area contributed by atoms with Crippen LogP contribution in [0.15, 0.2) is 14.3 Å². The van der Waals surface area contributed by atoms with Crippen LogP contribution >= 0.6 is 22.6 Å². The van der Waals surface area contributed by atoms with Crippen LogP contribution in [0.5, 0.6) is 0 Å². The minimum atomic E-state index is 0.129. The second-order valence-electron chi connectivity index (χ2n) is 3.67. The second kappa shape index (κ2) is 3.52. The van der Waals surface area contributed by atoms with Gasteiger partial charge in [0.2, 0.25) is 0 Å². The molecule has 2 aliphatic rings. The van der Waals surface area contributed by atoms with Crippen LogP contribution in [-0.2, 0) is 4.79 Å². The van der Waals surface area contributed by atoms with Crippen molar-refractivity contribution >= 4 is 34.1 Å². The van der Waals surface area contributed by atoms with Gasteiger partial charge in [-0.05, 0) is 48.8 Å². The Morgan fingerprint density at radius 3 is 3.00 bits per heavy atom. The summed E-state index contributed by atoms with van der Waals surface area (Å²) in [6.07, 6.45) is 4.42. The number of allylic oxidation sites excluding steroid dienone is 2. The van der Waals surface area contributed by atoms with E-state index in [9.17, 15) is 4.79 Å². The average molecular weight is 289 g/mol. The fourth-order valence-corrected chi connectivity index (χ4v) is 2.50. The summed E-state index contributed by atoms with van der Waals surface area (Å²) < 4.78 is 0.841. The predicted octanol–water partition coefficient (Wildman–Crippen LogP) is 2.87. The molecule has 0 aromatic heterocycles. The molecule has 0 N–H and O–H groups in total. The quantitative estimate of drug-likeness (QED) is 0.630. The molecule has 2 rings (SSSR count). The van der Waals surface area contributed by atoms with Crippen LogP contribution in [0.4, 0.5) is 0 Å². The van der Waals surface area contributed by atoms with E-state index in [4.69, 9.17) is 0 Å². The molecule has 2 nitrogen and oxygen atoms in total. The third-order valence-electron chi connectivity index (χ3n) is 2.74. The van der Waals surface area contributed by atoms with Gasteiger partial charge in [-0.2, -0.15) is 0 Å². The first kappa shape index (κ1) is 9.37. The highest BCUT2D eigenvalue weighted by Gasteiger charge is 2.32. The van der Waals surface area contributed by atoms with Gasteiger partial charge < -0.3 is 0 Å². The molecule has 1 heterocycles. The van der Waals surface area contributed by atoms with E-state index in [-0.39, 0.29) is 5.92 Å². The molecule has 0 aromatic rings. The fraction of sp³-hybridized carbons (Fsp3) is 0.600. The molecule has 1 fully saturated rings. The van der Waals surface area contributed by atoms with E-state index in [2.05, 4.69) is 27.6 Å². The molecule has 0 spiro atoms. The Morgan fingerprint density at radius 1 is 1.46 bits per heavy atom. The zero-order valence-corrected chi connectivity index (χ0v) is 9.80. The van der Waals surface area contributed by atoms with Crippen LogP contribution in [0.3, 0.4) is 0 Å². The molecule has 0 radical (unpaired) electrons. The minimum absolute atomic E-state index is 0.129. The number of aliphatic imine (C=N–C) groups is 1. The van der Waals surface area contributed by atoms with Crippen molar-refractivity contribution in [3.05, 3.63) is 9.28 Å². The number of carbonyl (C=O) groups excluding carboxylic acids is 1. The topological polar surface area (TPSA) is 29.4 Å². The van der Waals surface area contributed by atoms with Crippen molar-refractivity contribution in [2.24, 2.45) is 10.9 Å². The highest BCUT2D eigenvalue weighted by molar-refractivity contribution is 14.1. The third kappa shape index (κ3) is 1.58. The van der Waals surface area contributed by atoms with E-state index in [0.717, 1.165) is 27.8 Å². The number of halogens is 1. The lowest BCUT2D eigenvalue weighted by molar-refractivity contribution is -0.117. The number of fused-ring (bicyclic) bond motifs is 1. The van der Waals surface area contributed by atoms with Gasteiger partial charge in [0.25, 0.3) is 0 Å². The van der Waals surface area contributed by atoms with E-state index in [1.165, 1.54) is 12.8 Å². The maximum atomic E-state index is 11.8. The number of Topliss-reactive ketones (excluding diaryl/α,β-unsaturated/α-hetero) is 1. The summed E-state index contributed by atoms with van der Waals surface area (Å²) in [5.41, 5.74) is 2.05. The molecule has 1 atom stereocenters. The van der Waals surface area contributed by atoms with Crippen molar-refractivity contribution in [2.45, 2.75) is 32.6 Å². The van der Waals surface area contributed by atoms with Crippen LogP contribution in [-0.4, -0.2) is 11.5 Å². The van der Waals surface area contributed by atoms with Gasteiger partial charge in [0.15, 0.2) is 5.78 Å². The van der Waals surface area contributed by atoms with Gasteiger partial charge in [0.1, 0.15) is 0 Å². The molecule has 0 amide bonds. The van der Waals surface area contributed by atoms with E-state index in [1.54, 1.807) is 0 Å². The van der Waals surface area contributed by atoms with Crippen LogP contribution in [0.25, 0.3) is 0 Å². The van der Waals surface area contributed by atoms with E-state index < -0.39 is 0 Å². The number of hydrogen-bond donors (Lipinski definition) is 0. The standard InChI is InChI=1S/C10H12INO/c1-6-9(11)10(13)7-4-2-3-5-8(7)12-6/h7H,2-5H2,1H3. The predicted molar refractivity (Wildman–Crippen MR) is 61.1 cm³/mol. The number of hydrogen-bond acceptors (Lipinski definition) is 2. The maximum Gasteiger partial charge on any atom is 0.179 e. The van der Waals surface area contributed by atoms with E-state index >= 15 is 0 Å².